The number of carbonyl (C=O) groups excluding carboxylic acids is 2. The van der Waals surface area contributed by atoms with Crippen LogP contribution >= 0.6 is 7.82 Å². The maximum atomic E-state index is 12.6. The fourth-order valence-electron chi connectivity index (χ4n) is 5.12. The standard InChI is InChI=1S/C41H73O10P/c1-3-5-7-9-11-13-15-17-19-21-22-24-26-28-30-32-40(44)48-36-39(37-50-52(46,47)49-35-38(43)34-42)51-41(45)33-31-29-27-25-23-20-18-16-14-12-10-8-6-4-2/h5,7,11,13,16-19,38-39,42-43H,3-4,6,8-10,12,14-15,20-37H2,1-2H3,(H,46,47)/b7-5+,13-11+,18-16+,19-17+/t38-,39+/m0/s1. The third-order valence-corrected chi connectivity index (χ3v) is 9.17. The van der Waals surface area contributed by atoms with Gasteiger partial charge in [0.15, 0.2) is 6.10 Å². The number of allylic oxidation sites excluding steroid dienone is 8. The number of aliphatic hydroxyl groups is 2. The SMILES string of the molecule is CC/C=C/C/C=C/C/C=C/CCCCCCCC(=O)OC[C@H](COP(=O)(O)OC[C@@H](O)CO)OC(=O)CCCCCCC/C=C/CCCCCCC. The van der Waals surface area contributed by atoms with Gasteiger partial charge in [0.05, 0.1) is 19.8 Å². The maximum Gasteiger partial charge on any atom is 0.472 e. The Morgan fingerprint density at radius 2 is 1.06 bits per heavy atom. The van der Waals surface area contributed by atoms with Gasteiger partial charge in [0.25, 0.3) is 0 Å². The van der Waals surface area contributed by atoms with Crippen molar-refractivity contribution < 1.29 is 47.8 Å². The van der Waals surface area contributed by atoms with Gasteiger partial charge in [0.1, 0.15) is 12.7 Å². The highest BCUT2D eigenvalue weighted by Gasteiger charge is 2.27. The molecule has 11 heteroatoms. The summed E-state index contributed by atoms with van der Waals surface area (Å²) in [6.45, 7) is 2.21. The number of aliphatic hydroxyl groups excluding tert-OH is 2. The minimum atomic E-state index is -4.62. The summed E-state index contributed by atoms with van der Waals surface area (Å²) in [4.78, 5) is 34.9. The van der Waals surface area contributed by atoms with E-state index in [-0.39, 0.29) is 19.4 Å². The first-order valence-electron chi connectivity index (χ1n) is 20.1. The van der Waals surface area contributed by atoms with Crippen LogP contribution in [-0.4, -0.2) is 65.7 Å². The number of hydrogen-bond acceptors (Lipinski definition) is 9. The van der Waals surface area contributed by atoms with Crippen molar-refractivity contribution in [2.75, 3.05) is 26.4 Å². The Bertz CT molecular complexity index is 1010. The van der Waals surface area contributed by atoms with Gasteiger partial charge < -0.3 is 24.6 Å². The molecule has 0 rings (SSSR count). The highest BCUT2D eigenvalue weighted by atomic mass is 31.2. The van der Waals surface area contributed by atoms with Gasteiger partial charge >= 0.3 is 19.8 Å². The van der Waals surface area contributed by atoms with Crippen molar-refractivity contribution in [2.24, 2.45) is 0 Å². The Hall–Kier alpha value is -2.07. The van der Waals surface area contributed by atoms with Crippen LogP contribution in [0.2, 0.25) is 0 Å². The number of carbonyl (C=O) groups is 2. The lowest BCUT2D eigenvalue weighted by Gasteiger charge is -2.20. The number of ether oxygens (including phenoxy) is 2. The largest absolute Gasteiger partial charge is 0.472 e. The predicted octanol–water partition coefficient (Wildman–Crippen LogP) is 10.2. The summed E-state index contributed by atoms with van der Waals surface area (Å²) in [6, 6.07) is 0. The molecule has 0 aliphatic carbocycles. The predicted molar refractivity (Wildman–Crippen MR) is 210 cm³/mol. The molecule has 0 aliphatic rings. The van der Waals surface area contributed by atoms with Gasteiger partial charge in [-0.05, 0) is 70.6 Å². The van der Waals surface area contributed by atoms with E-state index in [4.69, 9.17) is 19.1 Å². The van der Waals surface area contributed by atoms with E-state index in [9.17, 15) is 24.2 Å². The Morgan fingerprint density at radius 1 is 0.596 bits per heavy atom. The second-order valence-electron chi connectivity index (χ2n) is 13.3. The first-order chi connectivity index (χ1) is 25.2. The van der Waals surface area contributed by atoms with Crippen LogP contribution in [0, 0.1) is 0 Å². The Kier molecular flexibility index (Phi) is 35.8. The minimum Gasteiger partial charge on any atom is -0.462 e. The lowest BCUT2D eigenvalue weighted by atomic mass is 10.1. The highest BCUT2D eigenvalue weighted by molar-refractivity contribution is 7.47. The number of hydrogen-bond donors (Lipinski definition) is 3. The zero-order valence-electron chi connectivity index (χ0n) is 32.5. The molecular weight excluding hydrogens is 683 g/mol. The van der Waals surface area contributed by atoms with Crippen molar-refractivity contribution in [3.05, 3.63) is 48.6 Å². The summed E-state index contributed by atoms with van der Waals surface area (Å²) < 4.78 is 32.6. The molecule has 1 unspecified atom stereocenters. The molecule has 0 aromatic carbocycles. The normalized spacial score (nSPS) is 14.5. The zero-order valence-corrected chi connectivity index (χ0v) is 33.4. The van der Waals surface area contributed by atoms with E-state index in [1.54, 1.807) is 0 Å². The van der Waals surface area contributed by atoms with E-state index in [0.717, 1.165) is 89.9 Å². The second-order valence-corrected chi connectivity index (χ2v) is 14.7. The molecule has 0 radical (unpaired) electrons. The van der Waals surface area contributed by atoms with Crippen molar-refractivity contribution in [3.8, 4) is 0 Å². The van der Waals surface area contributed by atoms with Crippen LogP contribution in [0.3, 0.4) is 0 Å². The highest BCUT2D eigenvalue weighted by Crippen LogP contribution is 2.43. The molecule has 0 aromatic heterocycles. The third kappa shape index (κ3) is 36.3. The molecule has 10 nitrogen and oxygen atoms in total. The average molecular weight is 757 g/mol. The molecule has 0 amide bonds. The molecule has 0 spiro atoms. The molecule has 0 aromatic rings. The monoisotopic (exact) mass is 756 g/mol. The molecule has 0 bridgehead atoms. The summed E-state index contributed by atoms with van der Waals surface area (Å²) in [5, 5.41) is 18.3. The van der Waals surface area contributed by atoms with Crippen LogP contribution in [0.1, 0.15) is 162 Å². The van der Waals surface area contributed by atoms with Gasteiger partial charge in [0.2, 0.25) is 0 Å². The van der Waals surface area contributed by atoms with E-state index >= 15 is 0 Å². The maximum absolute atomic E-state index is 12.6. The molecule has 52 heavy (non-hydrogen) atoms. The summed E-state index contributed by atoms with van der Waals surface area (Å²) in [5.74, 6) is -0.958. The van der Waals surface area contributed by atoms with Gasteiger partial charge in [-0.15, -0.1) is 0 Å². The number of unbranched alkanes of at least 4 members (excludes halogenated alkanes) is 15. The topological polar surface area (TPSA) is 149 Å². The van der Waals surface area contributed by atoms with Gasteiger partial charge in [0, 0.05) is 12.8 Å². The first kappa shape index (κ1) is 49.9. The molecule has 0 aliphatic heterocycles. The van der Waals surface area contributed by atoms with Gasteiger partial charge in [-0.3, -0.25) is 18.6 Å². The van der Waals surface area contributed by atoms with Gasteiger partial charge in [-0.25, -0.2) is 4.57 Å². The van der Waals surface area contributed by atoms with Crippen LogP contribution in [-0.2, 0) is 32.7 Å². The average Bonchev–Trinajstić information content (AvgIpc) is 3.13. The molecule has 0 saturated heterocycles. The van der Waals surface area contributed by atoms with Crippen LogP contribution < -0.4 is 0 Å². The minimum absolute atomic E-state index is 0.169. The van der Waals surface area contributed by atoms with E-state index in [2.05, 4.69) is 67.0 Å². The molecule has 302 valence electrons. The fraction of sp³-hybridized carbons (Fsp3) is 0.756. The lowest BCUT2D eigenvalue weighted by Crippen LogP contribution is -2.29. The number of phosphoric acid groups is 1. The van der Waals surface area contributed by atoms with E-state index in [1.807, 2.05) is 0 Å². The molecule has 0 saturated carbocycles. The fourth-order valence-corrected chi connectivity index (χ4v) is 5.91. The van der Waals surface area contributed by atoms with Crippen molar-refractivity contribution in [1.29, 1.82) is 0 Å². The van der Waals surface area contributed by atoms with Crippen LogP contribution in [0.5, 0.6) is 0 Å². The summed E-state index contributed by atoms with van der Waals surface area (Å²) >= 11 is 0. The Labute approximate surface area is 315 Å². The summed E-state index contributed by atoms with van der Waals surface area (Å²) in [5.41, 5.74) is 0. The van der Waals surface area contributed by atoms with E-state index in [1.165, 1.54) is 32.1 Å². The Morgan fingerprint density at radius 3 is 1.62 bits per heavy atom. The number of phosphoric ester groups is 1. The van der Waals surface area contributed by atoms with Crippen molar-refractivity contribution in [1.82, 2.24) is 0 Å². The quantitative estimate of drug-likeness (QED) is 0.0242. The summed E-state index contributed by atoms with van der Waals surface area (Å²) in [7, 11) is -4.62. The molecule has 0 heterocycles. The Balaban J connectivity index is 4.39. The molecule has 3 N–H and O–H groups in total. The zero-order chi connectivity index (χ0) is 38.4. The van der Waals surface area contributed by atoms with E-state index < -0.39 is 51.8 Å². The van der Waals surface area contributed by atoms with Crippen LogP contribution in [0.15, 0.2) is 48.6 Å². The van der Waals surface area contributed by atoms with Gasteiger partial charge in [-0.2, -0.15) is 0 Å². The number of esters is 2. The lowest BCUT2D eigenvalue weighted by molar-refractivity contribution is -0.161. The van der Waals surface area contributed by atoms with Crippen molar-refractivity contribution in [3.63, 3.8) is 0 Å². The molecule has 0 fully saturated rings. The van der Waals surface area contributed by atoms with Crippen molar-refractivity contribution in [2.45, 2.75) is 174 Å². The second kappa shape index (κ2) is 37.3. The number of rotatable bonds is 37. The smallest absolute Gasteiger partial charge is 0.462 e. The first-order valence-corrected chi connectivity index (χ1v) is 21.6. The molecular formula is C41H73O10P. The van der Waals surface area contributed by atoms with Gasteiger partial charge in [-0.1, -0.05) is 127 Å². The third-order valence-electron chi connectivity index (χ3n) is 8.22. The molecule has 3 atom stereocenters. The van der Waals surface area contributed by atoms with Crippen LogP contribution in [0.4, 0.5) is 0 Å². The van der Waals surface area contributed by atoms with Crippen LogP contribution in [0.25, 0.3) is 0 Å². The van der Waals surface area contributed by atoms with E-state index in [0.29, 0.717) is 12.8 Å². The van der Waals surface area contributed by atoms with Crippen molar-refractivity contribution >= 4 is 19.8 Å². The summed E-state index contributed by atoms with van der Waals surface area (Å²) in [6.07, 6.45) is 37.9.